The standard InChI is InChI=1S/C11H9F3N4/c12-11(13,14)3-4-18-9-5-7(6-15)1-2-8(9)17-10(18)16/h1-2,5H,3-4H2,(H2,16,17). The Balaban J connectivity index is 2.43. The minimum Gasteiger partial charge on any atom is -0.369 e. The molecule has 2 rings (SSSR count). The lowest BCUT2D eigenvalue weighted by Crippen LogP contribution is -2.13. The van der Waals surface area contributed by atoms with Crippen molar-refractivity contribution < 1.29 is 13.2 Å². The number of rotatable bonds is 2. The molecule has 1 heterocycles. The summed E-state index contributed by atoms with van der Waals surface area (Å²) in [6.45, 7) is -0.305. The molecule has 0 bridgehead atoms. The third-order valence-corrected chi connectivity index (χ3v) is 2.53. The van der Waals surface area contributed by atoms with Crippen molar-refractivity contribution >= 4 is 17.0 Å². The quantitative estimate of drug-likeness (QED) is 0.894. The second-order valence-corrected chi connectivity index (χ2v) is 3.80. The second-order valence-electron chi connectivity index (χ2n) is 3.80. The van der Waals surface area contributed by atoms with Crippen molar-refractivity contribution in [1.29, 1.82) is 5.26 Å². The van der Waals surface area contributed by atoms with E-state index in [1.807, 2.05) is 6.07 Å². The molecule has 1 aromatic carbocycles. The number of nitrogens with zero attached hydrogens (tertiary/aromatic N) is 3. The average Bonchev–Trinajstić information content (AvgIpc) is 2.60. The van der Waals surface area contributed by atoms with E-state index in [9.17, 15) is 13.2 Å². The van der Waals surface area contributed by atoms with Crippen LogP contribution in [0.2, 0.25) is 0 Å². The van der Waals surface area contributed by atoms with Crippen LogP contribution in [0.1, 0.15) is 12.0 Å². The van der Waals surface area contributed by atoms with Gasteiger partial charge in [-0.2, -0.15) is 18.4 Å². The first-order chi connectivity index (χ1) is 8.40. The molecule has 0 saturated carbocycles. The summed E-state index contributed by atoms with van der Waals surface area (Å²) in [6, 6.07) is 6.51. The van der Waals surface area contributed by atoms with Gasteiger partial charge in [-0.3, -0.25) is 0 Å². The fraction of sp³-hybridized carbons (Fsp3) is 0.273. The Morgan fingerprint density at radius 3 is 2.72 bits per heavy atom. The maximum atomic E-state index is 12.2. The van der Waals surface area contributed by atoms with E-state index in [1.165, 1.54) is 10.6 Å². The van der Waals surface area contributed by atoms with Gasteiger partial charge in [0.05, 0.1) is 29.1 Å². The van der Waals surface area contributed by atoms with E-state index >= 15 is 0 Å². The van der Waals surface area contributed by atoms with E-state index in [1.54, 1.807) is 12.1 Å². The molecule has 0 unspecified atom stereocenters. The fourth-order valence-electron chi connectivity index (χ4n) is 1.68. The number of aromatic nitrogens is 2. The molecule has 0 atom stereocenters. The summed E-state index contributed by atoms with van der Waals surface area (Å²) >= 11 is 0. The molecule has 2 aromatic rings. The maximum Gasteiger partial charge on any atom is 0.390 e. The zero-order chi connectivity index (χ0) is 13.3. The van der Waals surface area contributed by atoms with Crippen LogP contribution in [0.3, 0.4) is 0 Å². The molecule has 0 aliphatic carbocycles. The van der Waals surface area contributed by atoms with Gasteiger partial charge in [-0.15, -0.1) is 0 Å². The van der Waals surface area contributed by atoms with E-state index in [0.29, 0.717) is 16.6 Å². The van der Waals surface area contributed by atoms with E-state index in [0.717, 1.165) is 0 Å². The Labute approximate surface area is 100 Å². The van der Waals surface area contributed by atoms with Crippen molar-refractivity contribution in [1.82, 2.24) is 9.55 Å². The Hall–Kier alpha value is -2.23. The molecule has 0 saturated heterocycles. The van der Waals surface area contributed by atoms with Crippen molar-refractivity contribution in [3.63, 3.8) is 0 Å². The van der Waals surface area contributed by atoms with Crippen molar-refractivity contribution in [3.8, 4) is 6.07 Å². The highest BCUT2D eigenvalue weighted by molar-refractivity contribution is 5.79. The van der Waals surface area contributed by atoms with Crippen molar-refractivity contribution in [3.05, 3.63) is 23.8 Å². The summed E-state index contributed by atoms with van der Waals surface area (Å²) < 4.78 is 37.9. The minimum absolute atomic E-state index is 0.0179. The lowest BCUT2D eigenvalue weighted by Gasteiger charge is -2.09. The molecule has 1 aromatic heterocycles. The molecule has 0 fully saturated rings. The molecule has 94 valence electrons. The highest BCUT2D eigenvalue weighted by atomic mass is 19.4. The number of aryl methyl sites for hydroxylation is 1. The summed E-state index contributed by atoms with van der Waals surface area (Å²) in [5, 5.41) is 8.76. The van der Waals surface area contributed by atoms with Gasteiger partial charge in [0, 0.05) is 6.54 Å². The van der Waals surface area contributed by atoms with Crippen LogP contribution < -0.4 is 5.73 Å². The number of halogens is 3. The number of nitrogen functional groups attached to an aromatic ring is 1. The number of anilines is 1. The van der Waals surface area contributed by atoms with Gasteiger partial charge in [-0.05, 0) is 18.2 Å². The zero-order valence-electron chi connectivity index (χ0n) is 9.20. The Morgan fingerprint density at radius 2 is 2.11 bits per heavy atom. The minimum atomic E-state index is -4.25. The highest BCUT2D eigenvalue weighted by Crippen LogP contribution is 2.24. The first-order valence-electron chi connectivity index (χ1n) is 5.13. The number of benzene rings is 1. The molecular weight excluding hydrogens is 245 g/mol. The predicted octanol–water partition coefficient (Wildman–Crippen LogP) is 2.44. The molecule has 4 nitrogen and oxygen atoms in total. The summed E-state index contributed by atoms with van der Waals surface area (Å²) in [6.07, 6.45) is -5.24. The van der Waals surface area contributed by atoms with Gasteiger partial charge in [0.25, 0.3) is 0 Å². The fourth-order valence-corrected chi connectivity index (χ4v) is 1.68. The first-order valence-corrected chi connectivity index (χ1v) is 5.13. The number of nitrogens with two attached hydrogens (primary N) is 1. The van der Waals surface area contributed by atoms with Gasteiger partial charge >= 0.3 is 6.18 Å². The van der Waals surface area contributed by atoms with Gasteiger partial charge in [0.15, 0.2) is 0 Å². The number of alkyl halides is 3. The predicted molar refractivity (Wildman–Crippen MR) is 59.5 cm³/mol. The van der Waals surface area contributed by atoms with Crippen LogP contribution >= 0.6 is 0 Å². The van der Waals surface area contributed by atoms with Crippen LogP contribution in [0.4, 0.5) is 19.1 Å². The molecule has 0 radical (unpaired) electrons. The van der Waals surface area contributed by atoms with Crippen molar-refractivity contribution in [2.45, 2.75) is 19.1 Å². The highest BCUT2D eigenvalue weighted by Gasteiger charge is 2.27. The van der Waals surface area contributed by atoms with Crippen LogP contribution in [0.5, 0.6) is 0 Å². The molecule has 2 N–H and O–H groups in total. The molecule has 0 aliphatic rings. The smallest absolute Gasteiger partial charge is 0.369 e. The molecule has 0 spiro atoms. The molecule has 0 amide bonds. The number of imidazole rings is 1. The molecule has 18 heavy (non-hydrogen) atoms. The number of nitriles is 1. The Kier molecular flexibility index (Phi) is 2.87. The first kappa shape index (κ1) is 12.2. The topological polar surface area (TPSA) is 67.6 Å². The van der Waals surface area contributed by atoms with Crippen LogP contribution in [0, 0.1) is 11.3 Å². The van der Waals surface area contributed by atoms with Crippen LogP contribution in [-0.2, 0) is 6.54 Å². The van der Waals surface area contributed by atoms with E-state index in [2.05, 4.69) is 4.98 Å². The van der Waals surface area contributed by atoms with E-state index < -0.39 is 12.6 Å². The maximum absolute atomic E-state index is 12.2. The van der Waals surface area contributed by atoms with E-state index in [-0.39, 0.29) is 12.5 Å². The van der Waals surface area contributed by atoms with Gasteiger partial charge < -0.3 is 10.3 Å². The Morgan fingerprint density at radius 1 is 1.39 bits per heavy atom. The lowest BCUT2D eigenvalue weighted by molar-refractivity contribution is -0.136. The van der Waals surface area contributed by atoms with Crippen molar-refractivity contribution in [2.75, 3.05) is 5.73 Å². The summed E-state index contributed by atoms with van der Waals surface area (Å²) in [4.78, 5) is 3.95. The molecule has 0 aliphatic heterocycles. The molecule has 7 heteroatoms. The zero-order valence-corrected chi connectivity index (χ0v) is 9.20. The van der Waals surface area contributed by atoms with Gasteiger partial charge in [-0.1, -0.05) is 0 Å². The molecular formula is C11H9F3N4. The van der Waals surface area contributed by atoms with Gasteiger partial charge in [-0.25, -0.2) is 4.98 Å². The van der Waals surface area contributed by atoms with Crippen LogP contribution in [0.15, 0.2) is 18.2 Å². The number of hydrogen-bond donors (Lipinski definition) is 1. The van der Waals surface area contributed by atoms with Crippen LogP contribution in [-0.4, -0.2) is 15.7 Å². The SMILES string of the molecule is N#Cc1ccc2nc(N)n(CCC(F)(F)F)c2c1. The largest absolute Gasteiger partial charge is 0.390 e. The lowest BCUT2D eigenvalue weighted by atomic mass is 10.2. The third kappa shape index (κ3) is 2.37. The summed E-state index contributed by atoms with van der Waals surface area (Å²) in [5.74, 6) is 0.0179. The third-order valence-electron chi connectivity index (χ3n) is 2.53. The van der Waals surface area contributed by atoms with Gasteiger partial charge in [0.2, 0.25) is 5.95 Å². The second kappa shape index (κ2) is 4.22. The summed E-state index contributed by atoms with van der Waals surface area (Å²) in [5.41, 5.74) is 6.85. The van der Waals surface area contributed by atoms with E-state index in [4.69, 9.17) is 11.0 Å². The Bertz CT molecular complexity index is 621. The van der Waals surface area contributed by atoms with Crippen LogP contribution in [0.25, 0.3) is 11.0 Å². The normalized spacial score (nSPS) is 11.7. The number of fused-ring (bicyclic) bond motifs is 1. The van der Waals surface area contributed by atoms with Gasteiger partial charge in [0.1, 0.15) is 0 Å². The average molecular weight is 254 g/mol. The van der Waals surface area contributed by atoms with Crippen molar-refractivity contribution in [2.24, 2.45) is 0 Å². The number of hydrogen-bond acceptors (Lipinski definition) is 3. The monoisotopic (exact) mass is 254 g/mol. The summed E-state index contributed by atoms with van der Waals surface area (Å²) in [7, 11) is 0.